The van der Waals surface area contributed by atoms with Gasteiger partial charge in [0.2, 0.25) is 15.9 Å². The van der Waals surface area contributed by atoms with Gasteiger partial charge in [-0.25, -0.2) is 8.42 Å². The summed E-state index contributed by atoms with van der Waals surface area (Å²) in [6, 6.07) is 5.61. The molecule has 0 radical (unpaired) electrons. The molecular formula is C15H20N2O3S. The van der Waals surface area contributed by atoms with Crippen molar-refractivity contribution in [1.29, 1.82) is 0 Å². The maximum Gasteiger partial charge on any atom is 0.232 e. The lowest BCUT2D eigenvalue weighted by Crippen LogP contribution is -2.36. The van der Waals surface area contributed by atoms with Gasteiger partial charge >= 0.3 is 0 Å². The minimum absolute atomic E-state index is 0.0520. The van der Waals surface area contributed by atoms with Crippen LogP contribution in [0.2, 0.25) is 0 Å². The molecule has 1 amide bonds. The number of amides is 1. The summed E-state index contributed by atoms with van der Waals surface area (Å²) in [5.41, 5.74) is 2.83. The molecule has 1 aliphatic heterocycles. The lowest BCUT2D eigenvalue weighted by Gasteiger charge is -2.29. The van der Waals surface area contributed by atoms with Crippen molar-refractivity contribution in [2.24, 2.45) is 5.92 Å². The van der Waals surface area contributed by atoms with Crippen molar-refractivity contribution < 1.29 is 13.2 Å². The van der Waals surface area contributed by atoms with Gasteiger partial charge in [-0.2, -0.15) is 0 Å². The molecule has 1 aliphatic carbocycles. The van der Waals surface area contributed by atoms with Crippen LogP contribution in [0.1, 0.15) is 30.9 Å². The zero-order chi connectivity index (χ0) is 15.0. The van der Waals surface area contributed by atoms with Crippen molar-refractivity contribution in [3.8, 4) is 0 Å². The van der Waals surface area contributed by atoms with Gasteiger partial charge in [0, 0.05) is 24.7 Å². The molecule has 1 heterocycles. The zero-order valence-corrected chi connectivity index (χ0v) is 12.9. The van der Waals surface area contributed by atoms with Crippen molar-refractivity contribution in [1.82, 2.24) is 4.90 Å². The summed E-state index contributed by atoms with van der Waals surface area (Å²) < 4.78 is 25.8. The van der Waals surface area contributed by atoms with Crippen LogP contribution in [0.3, 0.4) is 0 Å². The van der Waals surface area contributed by atoms with Crippen LogP contribution in [0.5, 0.6) is 0 Å². The fourth-order valence-electron chi connectivity index (χ4n) is 2.65. The fraction of sp³-hybridized carbons (Fsp3) is 0.533. The zero-order valence-electron chi connectivity index (χ0n) is 12.1. The summed E-state index contributed by atoms with van der Waals surface area (Å²) >= 11 is 0. The molecule has 2 aliphatic rings. The maximum absolute atomic E-state index is 12.1. The summed E-state index contributed by atoms with van der Waals surface area (Å²) in [4.78, 5) is 14.0. The van der Waals surface area contributed by atoms with Gasteiger partial charge in [0.05, 0.1) is 5.75 Å². The standard InChI is InChI=1S/C15H20N2O3S/c1-2-21(19,20)16-14-6-5-11-7-8-17(10-13(11)9-14)15(18)12-3-4-12/h5-6,9,12,16H,2-4,7-8,10H2,1H3. The Balaban J connectivity index is 1.78. The van der Waals surface area contributed by atoms with Gasteiger partial charge in [-0.3, -0.25) is 9.52 Å². The van der Waals surface area contributed by atoms with Crippen LogP contribution in [0.25, 0.3) is 0 Å². The summed E-state index contributed by atoms with van der Waals surface area (Å²) in [5.74, 6) is 0.532. The number of nitrogens with one attached hydrogen (secondary N) is 1. The highest BCUT2D eigenvalue weighted by Gasteiger charge is 2.34. The fourth-order valence-corrected chi connectivity index (χ4v) is 3.28. The SMILES string of the molecule is CCS(=O)(=O)Nc1ccc2c(c1)CN(C(=O)C1CC1)CC2. The molecule has 0 atom stereocenters. The van der Waals surface area contributed by atoms with Crippen LogP contribution in [-0.4, -0.2) is 31.5 Å². The first-order valence-corrected chi connectivity index (χ1v) is 9.05. The number of carbonyl (C=O) groups excluding carboxylic acids is 1. The van der Waals surface area contributed by atoms with Crippen molar-refractivity contribution in [2.45, 2.75) is 32.7 Å². The quantitative estimate of drug-likeness (QED) is 0.921. The normalized spacial score (nSPS) is 18.2. The summed E-state index contributed by atoms with van der Waals surface area (Å²) in [6.07, 6.45) is 2.87. The van der Waals surface area contributed by atoms with E-state index in [1.54, 1.807) is 13.0 Å². The van der Waals surface area contributed by atoms with E-state index in [0.717, 1.165) is 31.4 Å². The molecule has 5 nitrogen and oxygen atoms in total. The van der Waals surface area contributed by atoms with Crippen LogP contribution in [0, 0.1) is 5.92 Å². The van der Waals surface area contributed by atoms with Crippen molar-refractivity contribution in [3.05, 3.63) is 29.3 Å². The average Bonchev–Trinajstić information content (AvgIpc) is 3.30. The molecule has 1 saturated carbocycles. The Morgan fingerprint density at radius 2 is 2.10 bits per heavy atom. The minimum Gasteiger partial charge on any atom is -0.338 e. The maximum atomic E-state index is 12.1. The van der Waals surface area contributed by atoms with Crippen LogP contribution >= 0.6 is 0 Å². The second kappa shape index (κ2) is 5.33. The Labute approximate surface area is 125 Å². The van der Waals surface area contributed by atoms with Gasteiger partial charge in [-0.1, -0.05) is 6.07 Å². The second-order valence-corrected chi connectivity index (χ2v) is 7.78. The van der Waals surface area contributed by atoms with Crippen molar-refractivity contribution >= 4 is 21.6 Å². The minimum atomic E-state index is -3.26. The number of hydrogen-bond acceptors (Lipinski definition) is 3. The smallest absolute Gasteiger partial charge is 0.232 e. The average molecular weight is 308 g/mol. The number of benzene rings is 1. The van der Waals surface area contributed by atoms with Crippen molar-refractivity contribution in [3.63, 3.8) is 0 Å². The van der Waals surface area contributed by atoms with E-state index in [2.05, 4.69) is 4.72 Å². The number of hydrogen-bond donors (Lipinski definition) is 1. The molecule has 1 aromatic carbocycles. The van der Waals surface area contributed by atoms with Crippen LogP contribution in [0.4, 0.5) is 5.69 Å². The molecule has 0 spiro atoms. The molecule has 21 heavy (non-hydrogen) atoms. The molecule has 0 unspecified atom stereocenters. The molecule has 0 bridgehead atoms. The lowest BCUT2D eigenvalue weighted by molar-refractivity contribution is -0.133. The number of anilines is 1. The van der Waals surface area contributed by atoms with E-state index in [9.17, 15) is 13.2 Å². The van der Waals surface area contributed by atoms with Gasteiger partial charge in [-0.05, 0) is 49.4 Å². The Morgan fingerprint density at radius 3 is 2.76 bits per heavy atom. The van der Waals surface area contributed by atoms with Gasteiger partial charge < -0.3 is 4.90 Å². The van der Waals surface area contributed by atoms with E-state index < -0.39 is 10.0 Å². The van der Waals surface area contributed by atoms with Gasteiger partial charge in [-0.15, -0.1) is 0 Å². The van der Waals surface area contributed by atoms with Crippen molar-refractivity contribution in [2.75, 3.05) is 17.0 Å². The molecule has 1 fully saturated rings. The Bertz CT molecular complexity index is 665. The molecule has 114 valence electrons. The number of fused-ring (bicyclic) bond motifs is 1. The summed E-state index contributed by atoms with van der Waals surface area (Å²) in [5, 5.41) is 0. The first kappa shape index (κ1) is 14.4. The van der Waals surface area contributed by atoms with Crippen LogP contribution in [0.15, 0.2) is 18.2 Å². The Morgan fingerprint density at radius 1 is 1.33 bits per heavy atom. The predicted octanol–water partition coefficient (Wildman–Crippen LogP) is 1.74. The third-order valence-corrected chi connectivity index (χ3v) is 5.42. The van der Waals surface area contributed by atoms with Gasteiger partial charge in [0.1, 0.15) is 0 Å². The molecule has 0 aromatic heterocycles. The first-order chi connectivity index (χ1) is 9.98. The largest absolute Gasteiger partial charge is 0.338 e. The third kappa shape index (κ3) is 3.20. The van der Waals surface area contributed by atoms with E-state index in [0.29, 0.717) is 12.2 Å². The molecule has 6 heteroatoms. The topological polar surface area (TPSA) is 66.5 Å². The van der Waals surface area contributed by atoms with Gasteiger partial charge in [0.25, 0.3) is 0 Å². The molecular weight excluding hydrogens is 288 g/mol. The molecule has 1 aromatic rings. The molecule has 3 rings (SSSR count). The highest BCUT2D eigenvalue weighted by Crippen LogP contribution is 2.33. The lowest BCUT2D eigenvalue weighted by atomic mass is 9.99. The molecule has 1 N–H and O–H groups in total. The van der Waals surface area contributed by atoms with Gasteiger partial charge in [0.15, 0.2) is 0 Å². The monoisotopic (exact) mass is 308 g/mol. The Kier molecular flexibility index (Phi) is 3.65. The first-order valence-electron chi connectivity index (χ1n) is 7.39. The van der Waals surface area contributed by atoms with E-state index in [1.807, 2.05) is 17.0 Å². The van der Waals surface area contributed by atoms with E-state index in [4.69, 9.17) is 0 Å². The van der Waals surface area contributed by atoms with E-state index >= 15 is 0 Å². The van der Waals surface area contributed by atoms with E-state index in [1.165, 1.54) is 5.56 Å². The second-order valence-electron chi connectivity index (χ2n) is 5.77. The Hall–Kier alpha value is -1.56. The predicted molar refractivity (Wildman–Crippen MR) is 81.4 cm³/mol. The number of carbonyl (C=O) groups is 1. The number of nitrogens with zero attached hydrogens (tertiary/aromatic N) is 1. The summed E-state index contributed by atoms with van der Waals surface area (Å²) in [7, 11) is -3.26. The van der Waals surface area contributed by atoms with Crippen LogP contribution in [-0.2, 0) is 27.8 Å². The highest BCUT2D eigenvalue weighted by molar-refractivity contribution is 7.92. The number of sulfonamides is 1. The third-order valence-electron chi connectivity index (χ3n) is 4.11. The van der Waals surface area contributed by atoms with E-state index in [-0.39, 0.29) is 17.6 Å². The molecule has 0 saturated heterocycles. The number of rotatable bonds is 4. The van der Waals surface area contributed by atoms with Crippen LogP contribution < -0.4 is 4.72 Å². The summed E-state index contributed by atoms with van der Waals surface area (Å²) in [6.45, 7) is 2.96. The highest BCUT2D eigenvalue weighted by atomic mass is 32.2.